The number of carbonyl (C=O) groups excluding carboxylic acids is 1. The molecule has 0 bridgehead atoms. The van der Waals surface area contributed by atoms with E-state index in [1.165, 1.54) is 11.8 Å². The van der Waals surface area contributed by atoms with Gasteiger partial charge in [-0.05, 0) is 29.8 Å². The molecule has 0 aliphatic rings. The number of carbonyl (C=O) groups is 1. The number of fused-ring (bicyclic) bond motifs is 1. The quantitative estimate of drug-likeness (QED) is 0.544. The Morgan fingerprint density at radius 1 is 1.21 bits per heavy atom. The molecular weight excluding hydrogens is 388 g/mol. The Balaban J connectivity index is 1.62. The van der Waals surface area contributed by atoms with Crippen molar-refractivity contribution in [3.63, 3.8) is 0 Å². The highest BCUT2D eigenvalue weighted by Crippen LogP contribution is 2.27. The molecule has 1 N–H and O–H groups in total. The summed E-state index contributed by atoms with van der Waals surface area (Å²) in [7, 11) is 3.16. The van der Waals surface area contributed by atoms with Crippen molar-refractivity contribution in [3.05, 3.63) is 48.0 Å². The molecule has 8 heteroatoms. The van der Waals surface area contributed by atoms with Gasteiger partial charge in [-0.25, -0.2) is 4.98 Å². The van der Waals surface area contributed by atoms with Crippen LogP contribution in [0.25, 0.3) is 11.0 Å². The van der Waals surface area contributed by atoms with Gasteiger partial charge >= 0.3 is 0 Å². The number of aryl methyl sites for hydroxylation is 1. The van der Waals surface area contributed by atoms with Gasteiger partial charge in [0.2, 0.25) is 5.91 Å². The highest BCUT2D eigenvalue weighted by molar-refractivity contribution is 7.99. The average Bonchev–Trinajstić information content (AvgIpc) is 3.11. The normalized spacial score (nSPS) is 10.5. The van der Waals surface area contributed by atoms with Crippen molar-refractivity contribution in [3.8, 4) is 17.6 Å². The van der Waals surface area contributed by atoms with Crippen LogP contribution in [0.15, 0.2) is 47.6 Å². The third kappa shape index (κ3) is 5.00. The van der Waals surface area contributed by atoms with Crippen LogP contribution in [0.1, 0.15) is 12.0 Å². The van der Waals surface area contributed by atoms with Gasteiger partial charge in [0, 0.05) is 13.1 Å². The summed E-state index contributed by atoms with van der Waals surface area (Å²) in [6.07, 6.45) is 0.388. The van der Waals surface area contributed by atoms with Gasteiger partial charge in [-0.2, -0.15) is 5.26 Å². The molecule has 0 spiro atoms. The molecule has 3 aromatic rings. The molecule has 3 rings (SSSR count). The molecule has 2 aromatic carbocycles. The fourth-order valence-corrected chi connectivity index (χ4v) is 3.78. The van der Waals surface area contributed by atoms with Crippen molar-refractivity contribution in [2.24, 2.45) is 0 Å². The van der Waals surface area contributed by atoms with Crippen molar-refractivity contribution in [1.82, 2.24) is 14.9 Å². The predicted molar refractivity (Wildman–Crippen MR) is 112 cm³/mol. The van der Waals surface area contributed by atoms with Crippen LogP contribution in [0.4, 0.5) is 0 Å². The van der Waals surface area contributed by atoms with Gasteiger partial charge in [-0.1, -0.05) is 30.0 Å². The standard InChI is InChI=1S/C21H22N4O3S/c1-27-18-9-8-15(12-19(18)28-2)13-23-20(26)14-29-21-24-16-6-3-4-7-17(16)25(21)11-5-10-22/h3-4,6-9,12H,5,11,13-14H2,1-2H3,(H,23,26). The van der Waals surface area contributed by atoms with Gasteiger partial charge in [0.05, 0.1) is 43.5 Å². The summed E-state index contributed by atoms with van der Waals surface area (Å²) in [5.41, 5.74) is 2.75. The minimum Gasteiger partial charge on any atom is -0.493 e. The SMILES string of the molecule is COc1ccc(CNC(=O)CSc2nc3ccccc3n2CCC#N)cc1OC. The van der Waals surface area contributed by atoms with Crippen LogP contribution in [0.5, 0.6) is 11.5 Å². The number of thioether (sulfide) groups is 1. The second-order valence-electron chi connectivity index (χ2n) is 6.20. The molecule has 1 heterocycles. The van der Waals surface area contributed by atoms with Gasteiger partial charge in [0.1, 0.15) is 0 Å². The number of nitrogens with one attached hydrogen (secondary N) is 1. The molecule has 0 atom stereocenters. The van der Waals surface area contributed by atoms with Crippen LogP contribution >= 0.6 is 11.8 Å². The molecule has 0 aliphatic heterocycles. The van der Waals surface area contributed by atoms with E-state index in [1.807, 2.05) is 47.0 Å². The lowest BCUT2D eigenvalue weighted by atomic mass is 10.2. The summed E-state index contributed by atoms with van der Waals surface area (Å²) < 4.78 is 12.5. The van der Waals surface area contributed by atoms with Crippen molar-refractivity contribution in [1.29, 1.82) is 5.26 Å². The largest absolute Gasteiger partial charge is 0.493 e. The van der Waals surface area contributed by atoms with Crippen LogP contribution in [0.3, 0.4) is 0 Å². The second kappa shape index (κ2) is 9.85. The van der Waals surface area contributed by atoms with Crippen LogP contribution < -0.4 is 14.8 Å². The first kappa shape index (κ1) is 20.6. The van der Waals surface area contributed by atoms with Gasteiger partial charge in [0.15, 0.2) is 16.7 Å². The molecular formula is C21H22N4O3S. The number of imidazole rings is 1. The molecule has 1 amide bonds. The molecule has 0 saturated heterocycles. The molecule has 0 radical (unpaired) electrons. The molecule has 0 unspecified atom stereocenters. The highest BCUT2D eigenvalue weighted by Gasteiger charge is 2.13. The summed E-state index contributed by atoms with van der Waals surface area (Å²) in [6, 6.07) is 15.5. The third-order valence-corrected chi connectivity index (χ3v) is 5.31. The molecule has 0 saturated carbocycles. The zero-order valence-electron chi connectivity index (χ0n) is 16.3. The Morgan fingerprint density at radius 2 is 2.00 bits per heavy atom. The van der Waals surface area contributed by atoms with E-state index >= 15 is 0 Å². The van der Waals surface area contributed by atoms with Crippen molar-refractivity contribution in [2.75, 3.05) is 20.0 Å². The summed E-state index contributed by atoms with van der Waals surface area (Å²) in [5.74, 6) is 1.42. The van der Waals surface area contributed by atoms with E-state index in [0.717, 1.165) is 21.8 Å². The second-order valence-corrected chi connectivity index (χ2v) is 7.14. The van der Waals surface area contributed by atoms with E-state index < -0.39 is 0 Å². The van der Waals surface area contributed by atoms with E-state index in [1.54, 1.807) is 14.2 Å². The Bertz CT molecular complexity index is 1040. The number of methoxy groups -OCH3 is 2. The number of aromatic nitrogens is 2. The lowest BCUT2D eigenvalue weighted by molar-refractivity contribution is -0.118. The Hall–Kier alpha value is -3.18. The Morgan fingerprint density at radius 3 is 2.76 bits per heavy atom. The Kier molecular flexibility index (Phi) is 6.98. The maximum atomic E-state index is 12.3. The van der Waals surface area contributed by atoms with Crippen LogP contribution in [-0.2, 0) is 17.9 Å². The molecule has 0 aliphatic carbocycles. The van der Waals surface area contributed by atoms with Gasteiger partial charge in [-0.3, -0.25) is 4.79 Å². The fourth-order valence-electron chi connectivity index (χ4n) is 2.91. The Labute approximate surface area is 173 Å². The maximum absolute atomic E-state index is 12.3. The number of para-hydroxylation sites is 2. The van der Waals surface area contributed by atoms with E-state index in [2.05, 4.69) is 16.4 Å². The minimum absolute atomic E-state index is 0.0938. The number of amides is 1. The molecule has 0 fully saturated rings. The summed E-state index contributed by atoms with van der Waals surface area (Å²) in [6.45, 7) is 0.942. The number of rotatable bonds is 9. The van der Waals surface area contributed by atoms with Crippen molar-refractivity contribution >= 4 is 28.7 Å². The zero-order valence-corrected chi connectivity index (χ0v) is 17.2. The van der Waals surface area contributed by atoms with Gasteiger partial charge in [-0.15, -0.1) is 0 Å². The lowest BCUT2D eigenvalue weighted by Gasteiger charge is -2.10. The predicted octanol–water partition coefficient (Wildman–Crippen LogP) is 3.38. The molecule has 150 valence electrons. The summed E-state index contributed by atoms with van der Waals surface area (Å²) >= 11 is 1.37. The zero-order chi connectivity index (χ0) is 20.6. The van der Waals surface area contributed by atoms with Crippen molar-refractivity contribution in [2.45, 2.75) is 24.7 Å². The maximum Gasteiger partial charge on any atom is 0.230 e. The first-order valence-electron chi connectivity index (χ1n) is 9.09. The van der Waals surface area contributed by atoms with E-state index in [0.29, 0.717) is 31.0 Å². The number of nitrogens with zero attached hydrogens (tertiary/aromatic N) is 3. The molecule has 7 nitrogen and oxygen atoms in total. The topological polar surface area (TPSA) is 89.2 Å². The lowest BCUT2D eigenvalue weighted by Crippen LogP contribution is -2.24. The first-order valence-corrected chi connectivity index (χ1v) is 10.1. The number of hydrogen-bond donors (Lipinski definition) is 1. The van der Waals surface area contributed by atoms with Crippen LogP contribution in [0.2, 0.25) is 0 Å². The smallest absolute Gasteiger partial charge is 0.230 e. The number of benzene rings is 2. The van der Waals surface area contributed by atoms with Crippen LogP contribution in [0, 0.1) is 11.3 Å². The molecule has 29 heavy (non-hydrogen) atoms. The number of ether oxygens (including phenoxy) is 2. The number of hydrogen-bond acceptors (Lipinski definition) is 6. The number of nitriles is 1. The first-order chi connectivity index (χ1) is 14.2. The highest BCUT2D eigenvalue weighted by atomic mass is 32.2. The van der Waals surface area contributed by atoms with E-state index in [-0.39, 0.29) is 11.7 Å². The van der Waals surface area contributed by atoms with E-state index in [9.17, 15) is 4.79 Å². The third-order valence-electron chi connectivity index (χ3n) is 4.34. The van der Waals surface area contributed by atoms with Gasteiger partial charge in [0.25, 0.3) is 0 Å². The van der Waals surface area contributed by atoms with Gasteiger partial charge < -0.3 is 19.4 Å². The molecule has 1 aromatic heterocycles. The summed E-state index contributed by atoms with van der Waals surface area (Å²) in [4.78, 5) is 16.9. The minimum atomic E-state index is -0.0938. The monoisotopic (exact) mass is 410 g/mol. The summed E-state index contributed by atoms with van der Waals surface area (Å²) in [5, 5.41) is 12.6. The van der Waals surface area contributed by atoms with Crippen molar-refractivity contribution < 1.29 is 14.3 Å². The fraction of sp³-hybridized carbons (Fsp3) is 0.286. The van der Waals surface area contributed by atoms with E-state index in [4.69, 9.17) is 14.7 Å². The average molecular weight is 410 g/mol. The van der Waals surface area contributed by atoms with Crippen LogP contribution in [-0.4, -0.2) is 35.4 Å².